The lowest BCUT2D eigenvalue weighted by atomic mass is 10.2. The van der Waals surface area contributed by atoms with Gasteiger partial charge < -0.3 is 10.1 Å². The summed E-state index contributed by atoms with van der Waals surface area (Å²) in [6.07, 6.45) is -1.04. The molecule has 0 spiro atoms. The third kappa shape index (κ3) is 2.32. The van der Waals surface area contributed by atoms with Crippen molar-refractivity contribution < 1.29 is 19.2 Å². The zero-order chi connectivity index (χ0) is 9.84. The van der Waals surface area contributed by atoms with Crippen LogP contribution in [0.25, 0.3) is 0 Å². The van der Waals surface area contributed by atoms with E-state index in [4.69, 9.17) is 4.74 Å². The van der Waals surface area contributed by atoms with Crippen molar-refractivity contribution in [1.29, 1.82) is 0 Å². The monoisotopic (exact) mass is 188 g/mol. The highest BCUT2D eigenvalue weighted by atomic mass is 16.7. The van der Waals surface area contributed by atoms with Crippen LogP contribution in [-0.4, -0.2) is 30.8 Å². The number of carbonyl (C=O) groups is 2. The van der Waals surface area contributed by atoms with Gasteiger partial charge in [-0.15, -0.1) is 0 Å². The van der Waals surface area contributed by atoms with Gasteiger partial charge in [0.15, 0.2) is 0 Å². The van der Waals surface area contributed by atoms with E-state index in [9.17, 15) is 9.59 Å². The molecule has 0 aromatic carbocycles. The summed E-state index contributed by atoms with van der Waals surface area (Å²) in [6, 6.07) is -0.668. The van der Waals surface area contributed by atoms with Crippen molar-refractivity contribution in [3.05, 3.63) is 0 Å². The molecule has 2 unspecified atom stereocenters. The van der Waals surface area contributed by atoms with E-state index in [-0.39, 0.29) is 0 Å². The summed E-state index contributed by atoms with van der Waals surface area (Å²) >= 11 is 0. The van der Waals surface area contributed by atoms with Gasteiger partial charge in [0.05, 0.1) is 6.61 Å². The molecule has 13 heavy (non-hydrogen) atoms. The Morgan fingerprint density at radius 2 is 2.46 bits per heavy atom. The van der Waals surface area contributed by atoms with Crippen LogP contribution in [0.4, 0.5) is 4.79 Å². The van der Waals surface area contributed by atoms with E-state index in [1.165, 1.54) is 0 Å². The van der Waals surface area contributed by atoms with Gasteiger partial charge in [-0.2, -0.15) is 0 Å². The average Bonchev–Trinajstić information content (AvgIpc) is 2.41. The lowest BCUT2D eigenvalue weighted by Crippen LogP contribution is -2.45. The molecule has 0 aliphatic carbocycles. The molecule has 0 aromatic rings. The van der Waals surface area contributed by atoms with Crippen molar-refractivity contribution in [2.45, 2.75) is 26.0 Å². The zero-order valence-corrected chi connectivity index (χ0v) is 7.49. The third-order valence-electron chi connectivity index (χ3n) is 1.64. The summed E-state index contributed by atoms with van der Waals surface area (Å²) in [7, 11) is 0. The summed E-state index contributed by atoms with van der Waals surface area (Å²) in [5, 5.41) is 2.36. The van der Waals surface area contributed by atoms with E-state index >= 15 is 0 Å². The van der Waals surface area contributed by atoms with E-state index in [2.05, 4.69) is 15.6 Å². The van der Waals surface area contributed by atoms with Crippen LogP contribution in [0.5, 0.6) is 0 Å². The van der Waals surface area contributed by atoms with Crippen LogP contribution in [0.15, 0.2) is 0 Å². The third-order valence-corrected chi connectivity index (χ3v) is 1.64. The van der Waals surface area contributed by atoms with Gasteiger partial charge in [-0.3, -0.25) is 9.63 Å². The molecule has 1 heterocycles. The van der Waals surface area contributed by atoms with Crippen molar-refractivity contribution >= 4 is 12.0 Å². The molecule has 1 fully saturated rings. The maximum absolute atomic E-state index is 11.2. The van der Waals surface area contributed by atoms with Crippen LogP contribution < -0.4 is 10.8 Å². The van der Waals surface area contributed by atoms with Crippen LogP contribution in [0.1, 0.15) is 13.8 Å². The number of ether oxygens (including phenoxy) is 1. The fourth-order valence-corrected chi connectivity index (χ4v) is 1.00. The van der Waals surface area contributed by atoms with Crippen molar-refractivity contribution in [2.24, 2.45) is 0 Å². The fraction of sp³-hybridized carbons (Fsp3) is 0.714. The van der Waals surface area contributed by atoms with Gasteiger partial charge in [0.25, 0.3) is 5.91 Å². The Balaban J connectivity index is 2.42. The number of nitrogens with one attached hydrogen (secondary N) is 2. The quantitative estimate of drug-likeness (QED) is 0.588. The molecule has 1 aliphatic rings. The van der Waals surface area contributed by atoms with Gasteiger partial charge >= 0.3 is 6.09 Å². The molecule has 0 radical (unpaired) electrons. The molecule has 2 N–H and O–H groups in total. The Morgan fingerprint density at radius 3 is 2.92 bits per heavy atom. The van der Waals surface area contributed by atoms with Crippen molar-refractivity contribution in [1.82, 2.24) is 10.8 Å². The number of carbonyl (C=O) groups excluding carboxylic acids is 2. The topological polar surface area (TPSA) is 76.7 Å². The molecule has 6 nitrogen and oxygen atoms in total. The lowest BCUT2D eigenvalue weighted by molar-refractivity contribution is -0.136. The molecule has 0 saturated carbocycles. The lowest BCUT2D eigenvalue weighted by Gasteiger charge is -2.11. The normalized spacial score (nSPS) is 26.5. The largest absolute Gasteiger partial charge is 0.444 e. The molecule has 2 atom stereocenters. The van der Waals surface area contributed by atoms with E-state index < -0.39 is 24.1 Å². The second-order valence-electron chi connectivity index (χ2n) is 2.63. The van der Waals surface area contributed by atoms with Gasteiger partial charge in [0.2, 0.25) is 0 Å². The van der Waals surface area contributed by atoms with Crippen LogP contribution in [0, 0.1) is 0 Å². The number of hydroxylamine groups is 1. The van der Waals surface area contributed by atoms with E-state index in [0.717, 1.165) is 0 Å². The van der Waals surface area contributed by atoms with Crippen LogP contribution >= 0.6 is 0 Å². The summed E-state index contributed by atoms with van der Waals surface area (Å²) in [6.45, 7) is 3.75. The minimum absolute atomic E-state index is 0.377. The highest BCUT2D eigenvalue weighted by molar-refractivity contribution is 5.87. The van der Waals surface area contributed by atoms with E-state index in [1.54, 1.807) is 13.8 Å². The Hall–Kier alpha value is -1.30. The van der Waals surface area contributed by atoms with Crippen molar-refractivity contribution in [3.63, 3.8) is 0 Å². The number of cyclic esters (lactones) is 1. The summed E-state index contributed by atoms with van der Waals surface area (Å²) in [4.78, 5) is 26.6. The smallest absolute Gasteiger partial charge is 0.408 e. The van der Waals surface area contributed by atoms with Crippen molar-refractivity contribution in [2.75, 3.05) is 6.61 Å². The summed E-state index contributed by atoms with van der Waals surface area (Å²) < 4.78 is 4.71. The number of hydrogen-bond donors (Lipinski definition) is 2. The average molecular weight is 188 g/mol. The van der Waals surface area contributed by atoms with Crippen LogP contribution in [0.3, 0.4) is 0 Å². The second-order valence-corrected chi connectivity index (χ2v) is 2.63. The first-order valence-corrected chi connectivity index (χ1v) is 4.04. The minimum atomic E-state index is -0.668. The number of rotatable bonds is 3. The SMILES string of the molecule is CCONC(=O)C1NC(=O)OC1C. The van der Waals surface area contributed by atoms with Crippen LogP contribution in [0.2, 0.25) is 0 Å². The fourth-order valence-electron chi connectivity index (χ4n) is 1.00. The highest BCUT2D eigenvalue weighted by Crippen LogP contribution is 2.07. The van der Waals surface area contributed by atoms with Gasteiger partial charge in [-0.05, 0) is 13.8 Å². The Bertz CT molecular complexity index is 219. The maximum atomic E-state index is 11.2. The molecular formula is C7H12N2O4. The van der Waals surface area contributed by atoms with Gasteiger partial charge in [0, 0.05) is 0 Å². The molecule has 0 aromatic heterocycles. The molecule has 6 heteroatoms. The number of hydrogen-bond acceptors (Lipinski definition) is 4. The first-order chi connectivity index (χ1) is 6.15. The standard InChI is InChI=1S/C7H12N2O4/c1-3-12-9-6(10)5-4(2)13-7(11)8-5/h4-5H,3H2,1-2H3,(H,8,11)(H,9,10). The Kier molecular flexibility index (Phi) is 3.07. The zero-order valence-electron chi connectivity index (χ0n) is 7.49. The van der Waals surface area contributed by atoms with E-state index in [1.807, 2.05) is 0 Å². The Labute approximate surface area is 75.5 Å². The summed E-state index contributed by atoms with van der Waals surface area (Å²) in [5.74, 6) is -0.403. The van der Waals surface area contributed by atoms with Gasteiger partial charge in [-0.25, -0.2) is 10.3 Å². The minimum Gasteiger partial charge on any atom is -0.444 e. The molecular weight excluding hydrogens is 176 g/mol. The number of amides is 2. The molecule has 1 rings (SSSR count). The number of alkyl carbamates (subject to hydrolysis) is 1. The van der Waals surface area contributed by atoms with Gasteiger partial charge in [-0.1, -0.05) is 0 Å². The first kappa shape index (κ1) is 9.79. The van der Waals surface area contributed by atoms with E-state index in [0.29, 0.717) is 6.61 Å². The Morgan fingerprint density at radius 1 is 1.77 bits per heavy atom. The molecule has 0 bridgehead atoms. The predicted octanol–water partition coefficient (Wildman–Crippen LogP) is -0.449. The first-order valence-electron chi connectivity index (χ1n) is 4.04. The highest BCUT2D eigenvalue weighted by Gasteiger charge is 2.36. The molecule has 74 valence electrons. The second kappa shape index (κ2) is 4.08. The van der Waals surface area contributed by atoms with Gasteiger partial charge in [0.1, 0.15) is 12.1 Å². The van der Waals surface area contributed by atoms with Crippen molar-refractivity contribution in [3.8, 4) is 0 Å². The predicted molar refractivity (Wildman–Crippen MR) is 42.6 cm³/mol. The molecule has 1 aliphatic heterocycles. The maximum Gasteiger partial charge on any atom is 0.408 e. The van der Waals surface area contributed by atoms with Crippen LogP contribution in [-0.2, 0) is 14.4 Å². The summed E-state index contributed by atoms with van der Waals surface area (Å²) in [5.41, 5.74) is 2.19. The molecule has 2 amide bonds. The molecule has 1 saturated heterocycles.